The van der Waals surface area contributed by atoms with Gasteiger partial charge in [0.05, 0.1) is 42.1 Å². The van der Waals surface area contributed by atoms with E-state index in [0.29, 0.717) is 48.2 Å². The zero-order valence-corrected chi connectivity index (χ0v) is 43.6. The number of rotatable bonds is 26. The molecule has 0 bridgehead atoms. The summed E-state index contributed by atoms with van der Waals surface area (Å²) in [5.41, 5.74) is 2.27. The molecule has 0 aliphatic heterocycles. The van der Waals surface area contributed by atoms with E-state index < -0.39 is 18.0 Å². The summed E-state index contributed by atoms with van der Waals surface area (Å²) in [6, 6.07) is 40.2. The quantitative estimate of drug-likeness (QED) is 0.0433. The number of aliphatic carboxylic acids is 1. The summed E-state index contributed by atoms with van der Waals surface area (Å²) in [5, 5.41) is 33.2. The molecule has 0 spiro atoms. The Labute approximate surface area is 440 Å². The van der Waals surface area contributed by atoms with E-state index in [1.807, 2.05) is 109 Å². The predicted molar refractivity (Wildman–Crippen MR) is 289 cm³/mol. The third-order valence-electron chi connectivity index (χ3n) is 9.35. The minimum Gasteiger partial charge on any atom is -0.481 e. The van der Waals surface area contributed by atoms with Crippen LogP contribution < -0.4 is 0 Å². The highest BCUT2D eigenvalue weighted by atomic mass is 32.2. The average molecular weight is 1070 g/mol. The van der Waals surface area contributed by atoms with E-state index in [1.54, 1.807) is 120 Å². The second kappa shape index (κ2) is 33.9. The van der Waals surface area contributed by atoms with Crippen molar-refractivity contribution in [2.24, 2.45) is 0 Å². The monoisotopic (exact) mass is 1070 g/mol. The van der Waals surface area contributed by atoms with Crippen LogP contribution in [-0.4, -0.2) is 129 Å². The lowest BCUT2D eigenvalue weighted by Crippen LogP contribution is -2.33. The van der Waals surface area contributed by atoms with Gasteiger partial charge < -0.3 is 25.1 Å². The number of hydrogen-bond donors (Lipinski definition) is 3. The van der Waals surface area contributed by atoms with Crippen LogP contribution in [0.25, 0.3) is 0 Å². The molecule has 0 saturated carbocycles. The van der Waals surface area contributed by atoms with E-state index in [0.717, 1.165) is 65.9 Å². The number of carboxylic acid groups (broad SMARTS) is 3. The largest absolute Gasteiger partial charge is 0.481 e. The second-order valence-electron chi connectivity index (χ2n) is 14.6. The Morgan fingerprint density at radius 3 is 1.01 bits per heavy atom. The van der Waals surface area contributed by atoms with Crippen molar-refractivity contribution in [1.82, 2.24) is 39.7 Å². The minimum atomic E-state index is -0.909. The van der Waals surface area contributed by atoms with Crippen LogP contribution in [0.3, 0.4) is 0 Å². The molecule has 1 aromatic carbocycles. The maximum atomic E-state index is 11.4. The fourth-order valence-corrected chi connectivity index (χ4v) is 10.9. The lowest BCUT2D eigenvalue weighted by molar-refractivity contribution is -0.137. The third-order valence-corrected chi connectivity index (χ3v) is 15.1. The summed E-state index contributed by atoms with van der Waals surface area (Å²) in [6.07, 6.45) is 9.84. The maximum Gasteiger partial charge on any atom is 0.407 e. The normalized spacial score (nSPS) is 10.6. The standard InChI is InChI=1S/C19H16N2O2S2.C17H21N3O2S2.C15H17N3O2S2/c22-19(23)16-10-14(12-24-17-5-1-3-7-20-17)9-15(11-16)13-25-18-6-2-4-8-21-18;21-17(22)7-10-20(11-13-23-15-5-1-3-8-18-15)12-14-24-16-6-2-4-9-19-16;19-15(20)18(9-11-21-13-5-1-3-7-16-13)10-12-22-14-6-2-4-8-17-14/h1-11H,12-13H2,(H,22,23);1-6,8-9H,7,10-14H2,(H,21,22);1-8H,9-12H2,(H,19,20). The van der Waals surface area contributed by atoms with E-state index >= 15 is 0 Å². The van der Waals surface area contributed by atoms with Crippen LogP contribution >= 0.6 is 70.6 Å². The summed E-state index contributed by atoms with van der Waals surface area (Å²) >= 11 is 9.70. The van der Waals surface area contributed by atoms with E-state index in [2.05, 4.69) is 40.9 Å². The number of amides is 1. The van der Waals surface area contributed by atoms with Gasteiger partial charge in [-0.2, -0.15) is 0 Å². The van der Waals surface area contributed by atoms with E-state index in [4.69, 9.17) is 5.11 Å². The summed E-state index contributed by atoms with van der Waals surface area (Å²) in [6.45, 7) is 3.23. The average Bonchev–Trinajstić information content (AvgIpc) is 3.40. The SMILES string of the molecule is O=C(O)CCN(CCSc1ccccn1)CCSc1ccccn1.O=C(O)N(CCSc1ccccn1)CCSc1ccccn1.O=C(O)c1cc(CSc2ccccn2)cc(CSc2ccccn2)c1. The van der Waals surface area contributed by atoms with Crippen molar-refractivity contribution in [3.05, 3.63) is 181 Å². The van der Waals surface area contributed by atoms with Gasteiger partial charge in [0.2, 0.25) is 0 Å². The number of hydrogen-bond acceptors (Lipinski definition) is 16. The minimum absolute atomic E-state index is 0.169. The number of carbonyl (C=O) groups is 3. The number of nitrogens with zero attached hydrogens (tertiary/aromatic N) is 8. The molecule has 6 aromatic heterocycles. The van der Waals surface area contributed by atoms with Crippen molar-refractivity contribution in [3.63, 3.8) is 0 Å². The number of aromatic nitrogens is 6. The van der Waals surface area contributed by atoms with Crippen molar-refractivity contribution in [2.45, 2.75) is 48.1 Å². The van der Waals surface area contributed by atoms with Gasteiger partial charge in [0.1, 0.15) is 0 Å². The van der Waals surface area contributed by atoms with Gasteiger partial charge >= 0.3 is 18.0 Å². The molecule has 3 N–H and O–H groups in total. The van der Waals surface area contributed by atoms with Gasteiger partial charge in [-0.05, 0) is 96.1 Å². The first-order valence-electron chi connectivity index (χ1n) is 22.2. The molecule has 0 atom stereocenters. The van der Waals surface area contributed by atoms with Crippen molar-refractivity contribution in [3.8, 4) is 0 Å². The Kier molecular flexibility index (Phi) is 26.9. The zero-order valence-electron chi connectivity index (χ0n) is 38.7. The maximum absolute atomic E-state index is 11.4. The highest BCUT2D eigenvalue weighted by Crippen LogP contribution is 2.26. The summed E-state index contributed by atoms with van der Waals surface area (Å²) < 4.78 is 0. The third kappa shape index (κ3) is 24.4. The molecular weight excluding hydrogens is 1010 g/mol. The highest BCUT2D eigenvalue weighted by molar-refractivity contribution is 8.00. The van der Waals surface area contributed by atoms with Crippen LogP contribution in [0.4, 0.5) is 4.79 Å². The number of thioether (sulfide) groups is 6. The molecular formula is C51H54N8O6S6. The number of carboxylic acids is 2. The predicted octanol–water partition coefficient (Wildman–Crippen LogP) is 11.2. The molecule has 0 aliphatic rings. The Morgan fingerprint density at radius 2 is 0.732 bits per heavy atom. The van der Waals surface area contributed by atoms with Gasteiger partial charge in [-0.3, -0.25) is 4.79 Å². The molecule has 0 saturated heterocycles. The molecule has 71 heavy (non-hydrogen) atoms. The first-order chi connectivity index (χ1) is 34.7. The zero-order chi connectivity index (χ0) is 50.1. The fraction of sp³-hybridized carbons (Fsp3) is 0.235. The first kappa shape index (κ1) is 56.3. The van der Waals surface area contributed by atoms with Crippen LogP contribution in [0.2, 0.25) is 0 Å². The van der Waals surface area contributed by atoms with E-state index in [-0.39, 0.29) is 6.42 Å². The Hall–Kier alpha value is -5.61. The Morgan fingerprint density at radius 1 is 0.408 bits per heavy atom. The van der Waals surface area contributed by atoms with Gasteiger partial charge in [0, 0.05) is 104 Å². The molecule has 1 amide bonds. The van der Waals surface area contributed by atoms with Crippen molar-refractivity contribution < 1.29 is 29.7 Å². The van der Waals surface area contributed by atoms with E-state index in [9.17, 15) is 24.6 Å². The lowest BCUT2D eigenvalue weighted by atomic mass is 10.1. The molecule has 20 heteroatoms. The summed E-state index contributed by atoms with van der Waals surface area (Å²) in [5.74, 6) is 2.87. The first-order valence-corrected chi connectivity index (χ1v) is 28.1. The Balaban J connectivity index is 0.000000199. The lowest BCUT2D eigenvalue weighted by Gasteiger charge is -2.21. The van der Waals surface area contributed by atoms with Gasteiger partial charge in [0.15, 0.2) is 0 Å². The Bertz CT molecular complexity index is 2420. The van der Waals surface area contributed by atoms with Gasteiger partial charge in [-0.15, -0.1) is 70.6 Å². The number of benzene rings is 1. The number of aromatic carboxylic acids is 1. The molecule has 14 nitrogen and oxygen atoms in total. The van der Waals surface area contributed by atoms with Crippen LogP contribution in [0.1, 0.15) is 27.9 Å². The molecule has 7 rings (SSSR count). The number of pyridine rings is 6. The fourth-order valence-electron chi connectivity index (χ4n) is 5.93. The van der Waals surface area contributed by atoms with Crippen LogP contribution in [0.5, 0.6) is 0 Å². The van der Waals surface area contributed by atoms with Crippen molar-refractivity contribution >= 4 is 88.6 Å². The van der Waals surface area contributed by atoms with Crippen molar-refractivity contribution in [2.75, 3.05) is 55.7 Å². The molecule has 6 heterocycles. The second-order valence-corrected chi connectivity index (χ2v) is 21.0. The summed E-state index contributed by atoms with van der Waals surface area (Å²) in [7, 11) is 0. The smallest absolute Gasteiger partial charge is 0.407 e. The van der Waals surface area contributed by atoms with Crippen LogP contribution in [0.15, 0.2) is 195 Å². The van der Waals surface area contributed by atoms with E-state index in [1.165, 1.54) is 4.90 Å². The van der Waals surface area contributed by atoms with Crippen LogP contribution in [0, 0.1) is 0 Å². The molecule has 7 aromatic rings. The molecule has 0 radical (unpaired) electrons. The van der Waals surface area contributed by atoms with Gasteiger partial charge in [-0.1, -0.05) is 42.5 Å². The van der Waals surface area contributed by atoms with Crippen LogP contribution in [-0.2, 0) is 16.3 Å². The molecule has 370 valence electrons. The topological polar surface area (TPSA) is 196 Å². The molecule has 0 aliphatic carbocycles. The molecule has 0 fully saturated rings. The van der Waals surface area contributed by atoms with Gasteiger partial charge in [-0.25, -0.2) is 39.5 Å². The highest BCUT2D eigenvalue weighted by Gasteiger charge is 2.13. The van der Waals surface area contributed by atoms with Gasteiger partial charge in [0.25, 0.3) is 0 Å². The molecule has 0 unspecified atom stereocenters. The van der Waals surface area contributed by atoms with Crippen molar-refractivity contribution in [1.29, 1.82) is 0 Å². The summed E-state index contributed by atoms with van der Waals surface area (Å²) in [4.78, 5) is 62.7.